The Morgan fingerprint density at radius 3 is 2.54 bits per heavy atom. The van der Waals surface area contributed by atoms with E-state index in [9.17, 15) is 9.18 Å². The van der Waals surface area contributed by atoms with Crippen molar-refractivity contribution >= 4 is 11.9 Å². The first-order valence-electron chi connectivity index (χ1n) is 7.56. The summed E-state index contributed by atoms with van der Waals surface area (Å²) in [6, 6.07) is 9.68. The quantitative estimate of drug-likeness (QED) is 0.424. The number of hydrogen-bond donors (Lipinski definition) is 3. The molecule has 0 atom stereocenters. The average molecular weight is 329 g/mol. The van der Waals surface area contributed by atoms with Crippen LogP contribution in [0.15, 0.2) is 53.8 Å². The van der Waals surface area contributed by atoms with Crippen molar-refractivity contribution in [2.45, 2.75) is 6.54 Å². The first kappa shape index (κ1) is 17.4. The number of halogens is 1. The second-order valence-electron chi connectivity index (χ2n) is 4.98. The number of pyridine rings is 1. The van der Waals surface area contributed by atoms with Gasteiger partial charge in [0.05, 0.1) is 5.56 Å². The zero-order valence-corrected chi connectivity index (χ0v) is 13.4. The fourth-order valence-corrected chi connectivity index (χ4v) is 1.96. The van der Waals surface area contributed by atoms with Crippen molar-refractivity contribution in [3.63, 3.8) is 0 Å². The van der Waals surface area contributed by atoms with E-state index < -0.39 is 0 Å². The molecule has 6 nitrogen and oxygen atoms in total. The van der Waals surface area contributed by atoms with E-state index in [-0.39, 0.29) is 11.7 Å². The van der Waals surface area contributed by atoms with E-state index in [2.05, 4.69) is 25.9 Å². The van der Waals surface area contributed by atoms with Crippen LogP contribution in [0, 0.1) is 5.82 Å². The van der Waals surface area contributed by atoms with Crippen molar-refractivity contribution in [3.05, 3.63) is 65.7 Å². The lowest BCUT2D eigenvalue weighted by Gasteiger charge is -2.12. The summed E-state index contributed by atoms with van der Waals surface area (Å²) >= 11 is 0. The maximum atomic E-state index is 12.9. The van der Waals surface area contributed by atoms with Gasteiger partial charge in [-0.15, -0.1) is 0 Å². The summed E-state index contributed by atoms with van der Waals surface area (Å²) in [7, 11) is 1.66. The number of carbonyl (C=O) groups is 1. The van der Waals surface area contributed by atoms with Crippen LogP contribution in [0.5, 0.6) is 0 Å². The minimum absolute atomic E-state index is 0.167. The predicted molar refractivity (Wildman–Crippen MR) is 91.2 cm³/mol. The van der Waals surface area contributed by atoms with Crippen LogP contribution in [0.4, 0.5) is 4.39 Å². The molecule has 2 aromatic rings. The Balaban J connectivity index is 1.68. The van der Waals surface area contributed by atoms with Gasteiger partial charge >= 0.3 is 0 Å². The van der Waals surface area contributed by atoms with Crippen molar-refractivity contribution < 1.29 is 9.18 Å². The summed E-state index contributed by atoms with van der Waals surface area (Å²) in [4.78, 5) is 19.8. The van der Waals surface area contributed by atoms with Crippen molar-refractivity contribution in [3.8, 4) is 0 Å². The average Bonchev–Trinajstić information content (AvgIpc) is 2.63. The highest BCUT2D eigenvalue weighted by Gasteiger charge is 2.04. The Morgan fingerprint density at radius 1 is 1.12 bits per heavy atom. The smallest absolute Gasteiger partial charge is 0.252 e. The number of nitrogens with zero attached hydrogens (tertiary/aromatic N) is 2. The van der Waals surface area contributed by atoms with Crippen LogP contribution in [-0.4, -0.2) is 37.0 Å². The van der Waals surface area contributed by atoms with E-state index in [0.717, 1.165) is 5.56 Å². The van der Waals surface area contributed by atoms with Gasteiger partial charge in [0.25, 0.3) is 5.91 Å². The summed E-state index contributed by atoms with van der Waals surface area (Å²) in [5, 5.41) is 9.00. The molecule has 0 unspecified atom stereocenters. The minimum Gasteiger partial charge on any atom is -0.355 e. The standard InChI is InChI=1S/C17H20FN5O/c1-19-17(23-11-13-4-6-15(18)7-5-13)22-10-9-21-16(24)14-3-2-8-20-12-14/h2-8,12H,9-11H2,1H3,(H,21,24)(H2,19,22,23). The van der Waals surface area contributed by atoms with Crippen molar-refractivity contribution in [2.75, 3.05) is 20.1 Å². The second kappa shape index (κ2) is 9.24. The summed E-state index contributed by atoms with van der Waals surface area (Å²) < 4.78 is 12.9. The van der Waals surface area contributed by atoms with E-state index in [4.69, 9.17) is 0 Å². The highest BCUT2D eigenvalue weighted by molar-refractivity contribution is 5.93. The molecule has 0 saturated heterocycles. The predicted octanol–water partition coefficient (Wildman–Crippen LogP) is 1.32. The van der Waals surface area contributed by atoms with E-state index in [1.165, 1.54) is 18.3 Å². The maximum Gasteiger partial charge on any atom is 0.252 e. The number of rotatable bonds is 6. The van der Waals surface area contributed by atoms with Crippen LogP contribution < -0.4 is 16.0 Å². The van der Waals surface area contributed by atoms with E-state index >= 15 is 0 Å². The number of carbonyl (C=O) groups excluding carboxylic acids is 1. The van der Waals surface area contributed by atoms with E-state index in [1.807, 2.05) is 0 Å². The van der Waals surface area contributed by atoms with Gasteiger partial charge in [-0.25, -0.2) is 4.39 Å². The van der Waals surface area contributed by atoms with Gasteiger partial charge in [0.15, 0.2) is 5.96 Å². The van der Waals surface area contributed by atoms with Gasteiger partial charge in [-0.05, 0) is 29.8 Å². The number of guanidine groups is 1. The van der Waals surface area contributed by atoms with Gasteiger partial charge in [-0.3, -0.25) is 14.8 Å². The molecule has 0 spiro atoms. The Kier molecular flexibility index (Phi) is 6.70. The second-order valence-corrected chi connectivity index (χ2v) is 4.98. The number of aromatic nitrogens is 1. The number of nitrogens with one attached hydrogen (secondary N) is 3. The lowest BCUT2D eigenvalue weighted by atomic mass is 10.2. The Labute approximate surface area is 140 Å². The molecule has 1 aromatic carbocycles. The van der Waals surface area contributed by atoms with Crippen LogP contribution in [0.1, 0.15) is 15.9 Å². The zero-order valence-electron chi connectivity index (χ0n) is 13.4. The van der Waals surface area contributed by atoms with Gasteiger partial charge in [0.1, 0.15) is 5.82 Å². The van der Waals surface area contributed by atoms with Crippen molar-refractivity contribution in [1.82, 2.24) is 20.9 Å². The summed E-state index contributed by atoms with van der Waals surface area (Å²) in [5.41, 5.74) is 1.47. The molecule has 3 N–H and O–H groups in total. The topological polar surface area (TPSA) is 78.4 Å². The number of aliphatic imine (C=N–C) groups is 1. The first-order valence-corrected chi connectivity index (χ1v) is 7.56. The molecule has 0 bridgehead atoms. The van der Waals surface area contributed by atoms with Crippen LogP contribution in [0.2, 0.25) is 0 Å². The molecule has 2 rings (SSSR count). The molecule has 0 aliphatic heterocycles. The third-order valence-electron chi connectivity index (χ3n) is 3.22. The monoisotopic (exact) mass is 329 g/mol. The van der Waals surface area contributed by atoms with E-state index in [1.54, 1.807) is 37.5 Å². The molecule has 1 amide bonds. The summed E-state index contributed by atoms with van der Waals surface area (Å²) in [6.45, 7) is 1.50. The SMILES string of the molecule is CN=C(NCCNC(=O)c1cccnc1)NCc1ccc(F)cc1. The molecule has 24 heavy (non-hydrogen) atoms. The van der Waals surface area contributed by atoms with E-state index in [0.29, 0.717) is 31.2 Å². The molecular weight excluding hydrogens is 309 g/mol. The first-order chi connectivity index (χ1) is 11.7. The molecule has 1 aromatic heterocycles. The van der Waals surface area contributed by atoms with Crippen LogP contribution in [-0.2, 0) is 6.54 Å². The normalized spacial score (nSPS) is 11.0. The fourth-order valence-electron chi connectivity index (χ4n) is 1.96. The summed E-state index contributed by atoms with van der Waals surface area (Å²) in [6.07, 6.45) is 3.14. The van der Waals surface area contributed by atoms with Gasteiger partial charge in [0, 0.05) is 39.1 Å². The Morgan fingerprint density at radius 2 is 1.88 bits per heavy atom. The molecule has 0 fully saturated rings. The molecule has 1 heterocycles. The van der Waals surface area contributed by atoms with Gasteiger partial charge in [-0.1, -0.05) is 12.1 Å². The number of hydrogen-bond acceptors (Lipinski definition) is 3. The van der Waals surface area contributed by atoms with Crippen LogP contribution in [0.25, 0.3) is 0 Å². The lowest BCUT2D eigenvalue weighted by Crippen LogP contribution is -2.41. The van der Waals surface area contributed by atoms with Gasteiger partial charge in [-0.2, -0.15) is 0 Å². The third-order valence-corrected chi connectivity index (χ3v) is 3.22. The highest BCUT2D eigenvalue weighted by Crippen LogP contribution is 2.01. The Bertz CT molecular complexity index is 673. The summed E-state index contributed by atoms with van der Waals surface area (Å²) in [5.74, 6) is 0.180. The number of amides is 1. The molecule has 0 aliphatic carbocycles. The highest BCUT2D eigenvalue weighted by atomic mass is 19.1. The zero-order chi connectivity index (χ0) is 17.2. The number of benzene rings is 1. The maximum absolute atomic E-state index is 12.9. The van der Waals surface area contributed by atoms with Gasteiger partial charge in [0.2, 0.25) is 0 Å². The van der Waals surface area contributed by atoms with Crippen LogP contribution >= 0.6 is 0 Å². The van der Waals surface area contributed by atoms with Crippen LogP contribution in [0.3, 0.4) is 0 Å². The molecule has 0 aliphatic rings. The molecule has 7 heteroatoms. The Hall–Kier alpha value is -2.96. The fraction of sp³-hybridized carbons (Fsp3) is 0.235. The molecular formula is C17H20FN5O. The van der Waals surface area contributed by atoms with Crippen molar-refractivity contribution in [1.29, 1.82) is 0 Å². The van der Waals surface area contributed by atoms with Crippen molar-refractivity contribution in [2.24, 2.45) is 4.99 Å². The molecule has 0 saturated carbocycles. The molecule has 126 valence electrons. The molecule has 0 radical (unpaired) electrons. The minimum atomic E-state index is -0.259. The van der Waals surface area contributed by atoms with Gasteiger partial charge < -0.3 is 16.0 Å². The third kappa shape index (κ3) is 5.68. The largest absolute Gasteiger partial charge is 0.355 e. The lowest BCUT2D eigenvalue weighted by molar-refractivity contribution is 0.0954.